The number of nitrogens with zero attached hydrogens (tertiary/aromatic N) is 1. The molecule has 0 heterocycles. The molecule has 0 aliphatic carbocycles. The van der Waals surface area contributed by atoms with Crippen LogP contribution in [0.25, 0.3) is 0 Å². The molecule has 7 heteroatoms. The topological polar surface area (TPSA) is 59.9 Å². The third kappa shape index (κ3) is 6.32. The van der Waals surface area contributed by atoms with E-state index in [1.807, 2.05) is 56.3 Å². The Hall–Kier alpha value is -2.83. The molecule has 3 aromatic rings. The second-order valence-electron chi connectivity index (χ2n) is 6.69. The van der Waals surface area contributed by atoms with Crippen molar-refractivity contribution in [2.75, 3.05) is 6.61 Å². The molecule has 0 saturated carbocycles. The molecule has 0 unspecified atom stereocenters. The van der Waals surface area contributed by atoms with Crippen molar-refractivity contribution in [2.45, 2.75) is 20.5 Å². The highest BCUT2D eigenvalue weighted by molar-refractivity contribution is 9.10. The van der Waals surface area contributed by atoms with E-state index in [2.05, 4.69) is 26.5 Å². The normalized spacial score (nSPS) is 10.8. The van der Waals surface area contributed by atoms with Crippen LogP contribution in [0, 0.1) is 6.92 Å². The van der Waals surface area contributed by atoms with Crippen LogP contribution in [0.4, 0.5) is 0 Å². The number of hydrogen-bond donors (Lipinski definition) is 1. The Labute approximate surface area is 195 Å². The Morgan fingerprint density at radius 2 is 1.87 bits per heavy atom. The van der Waals surface area contributed by atoms with Crippen LogP contribution in [0.2, 0.25) is 5.02 Å². The van der Waals surface area contributed by atoms with Crippen LogP contribution in [0.15, 0.2) is 70.2 Å². The number of benzene rings is 3. The monoisotopic (exact) mass is 500 g/mol. The number of hydrazone groups is 1. The highest BCUT2D eigenvalue weighted by Crippen LogP contribution is 2.37. The quantitative estimate of drug-likeness (QED) is 0.297. The first kappa shape index (κ1) is 22.8. The van der Waals surface area contributed by atoms with E-state index in [1.165, 1.54) is 6.21 Å². The Kier molecular flexibility index (Phi) is 8.09. The fraction of sp³-hybridized carbons (Fsp3) is 0.167. The van der Waals surface area contributed by atoms with Crippen LogP contribution in [-0.4, -0.2) is 18.7 Å². The second kappa shape index (κ2) is 11.0. The smallest absolute Gasteiger partial charge is 0.271 e. The molecular weight excluding hydrogens is 480 g/mol. The largest absolute Gasteiger partial charge is 0.490 e. The minimum Gasteiger partial charge on any atom is -0.490 e. The van der Waals surface area contributed by atoms with Gasteiger partial charge in [0.15, 0.2) is 11.5 Å². The molecule has 0 fully saturated rings. The van der Waals surface area contributed by atoms with Crippen molar-refractivity contribution in [3.8, 4) is 11.5 Å². The number of nitrogens with one attached hydrogen (secondary N) is 1. The third-order valence-electron chi connectivity index (χ3n) is 4.40. The number of carbonyl (C=O) groups is 1. The number of aryl methyl sites for hydroxylation is 1. The van der Waals surface area contributed by atoms with E-state index in [4.69, 9.17) is 21.1 Å². The first-order valence-corrected chi connectivity index (χ1v) is 10.9. The Morgan fingerprint density at radius 1 is 1.13 bits per heavy atom. The molecule has 3 rings (SSSR count). The molecule has 0 saturated heterocycles. The predicted molar refractivity (Wildman–Crippen MR) is 127 cm³/mol. The third-order valence-corrected chi connectivity index (χ3v) is 5.21. The van der Waals surface area contributed by atoms with Gasteiger partial charge in [0.1, 0.15) is 6.61 Å². The van der Waals surface area contributed by atoms with Crippen molar-refractivity contribution in [3.63, 3.8) is 0 Å². The van der Waals surface area contributed by atoms with Crippen molar-refractivity contribution in [2.24, 2.45) is 5.10 Å². The van der Waals surface area contributed by atoms with Crippen LogP contribution in [0.5, 0.6) is 11.5 Å². The Bertz CT molecular complexity index is 1080. The summed E-state index contributed by atoms with van der Waals surface area (Å²) in [6, 6.07) is 18.7. The van der Waals surface area contributed by atoms with Crippen LogP contribution in [0.1, 0.15) is 34.0 Å². The number of ether oxygens (including phenoxy) is 2. The van der Waals surface area contributed by atoms with E-state index in [0.29, 0.717) is 40.9 Å². The van der Waals surface area contributed by atoms with Gasteiger partial charge >= 0.3 is 0 Å². The Balaban J connectivity index is 1.73. The molecule has 5 nitrogen and oxygen atoms in total. The summed E-state index contributed by atoms with van der Waals surface area (Å²) in [5, 5.41) is 4.45. The lowest BCUT2D eigenvalue weighted by atomic mass is 10.1. The molecule has 0 aliphatic heterocycles. The maximum absolute atomic E-state index is 12.3. The zero-order valence-electron chi connectivity index (χ0n) is 17.2. The lowest BCUT2D eigenvalue weighted by molar-refractivity contribution is 0.0954. The minimum atomic E-state index is -0.278. The number of rotatable bonds is 8. The summed E-state index contributed by atoms with van der Waals surface area (Å²) in [6.45, 7) is 4.57. The van der Waals surface area contributed by atoms with Gasteiger partial charge in [-0.3, -0.25) is 4.79 Å². The SMILES string of the molecule is CCOc1cc(/C=N\NC(=O)c2ccccc2C)cc(Cl)c1OCc1ccc(Br)cc1. The van der Waals surface area contributed by atoms with E-state index in [1.54, 1.807) is 18.2 Å². The first-order chi connectivity index (χ1) is 15.0. The molecule has 3 aromatic carbocycles. The molecule has 0 atom stereocenters. The lowest BCUT2D eigenvalue weighted by Gasteiger charge is -2.14. The number of hydrogen-bond acceptors (Lipinski definition) is 4. The summed E-state index contributed by atoms with van der Waals surface area (Å²) < 4.78 is 12.6. The van der Waals surface area contributed by atoms with E-state index >= 15 is 0 Å². The van der Waals surface area contributed by atoms with E-state index in [9.17, 15) is 4.79 Å². The Morgan fingerprint density at radius 3 is 2.58 bits per heavy atom. The predicted octanol–water partition coefficient (Wildman–Crippen LogP) is 6.15. The van der Waals surface area contributed by atoms with Gasteiger partial charge in [-0.1, -0.05) is 57.9 Å². The van der Waals surface area contributed by atoms with Gasteiger partial charge in [-0.05, 0) is 60.9 Å². The minimum absolute atomic E-state index is 0.278. The van der Waals surface area contributed by atoms with E-state index in [0.717, 1.165) is 15.6 Å². The average molecular weight is 502 g/mol. The van der Waals surface area contributed by atoms with Gasteiger partial charge in [0.05, 0.1) is 17.8 Å². The van der Waals surface area contributed by atoms with Gasteiger partial charge in [0, 0.05) is 10.0 Å². The van der Waals surface area contributed by atoms with Crippen molar-refractivity contribution < 1.29 is 14.3 Å². The van der Waals surface area contributed by atoms with Gasteiger partial charge in [-0.15, -0.1) is 0 Å². The molecule has 0 aliphatic rings. The molecule has 0 bridgehead atoms. The molecular formula is C24H22BrClN2O3. The highest BCUT2D eigenvalue weighted by atomic mass is 79.9. The van der Waals surface area contributed by atoms with Gasteiger partial charge in [-0.25, -0.2) is 5.43 Å². The van der Waals surface area contributed by atoms with Crippen molar-refractivity contribution in [3.05, 3.63) is 92.4 Å². The molecule has 0 spiro atoms. The highest BCUT2D eigenvalue weighted by Gasteiger charge is 2.13. The van der Waals surface area contributed by atoms with Gasteiger partial charge < -0.3 is 9.47 Å². The standard InChI is InChI=1S/C24H22BrClN2O3/c1-3-30-22-13-18(14-27-28-24(29)20-7-5-4-6-16(20)2)12-21(26)23(22)31-15-17-8-10-19(25)11-9-17/h4-14H,3,15H2,1-2H3,(H,28,29)/b27-14-. The number of carbonyl (C=O) groups excluding carboxylic acids is 1. The molecule has 31 heavy (non-hydrogen) atoms. The second-order valence-corrected chi connectivity index (χ2v) is 8.02. The van der Waals surface area contributed by atoms with Crippen LogP contribution >= 0.6 is 27.5 Å². The first-order valence-electron chi connectivity index (χ1n) is 9.70. The van der Waals surface area contributed by atoms with Crippen LogP contribution in [0.3, 0.4) is 0 Å². The van der Waals surface area contributed by atoms with Crippen LogP contribution in [-0.2, 0) is 6.61 Å². The molecule has 160 valence electrons. The van der Waals surface area contributed by atoms with Gasteiger partial charge in [0.25, 0.3) is 5.91 Å². The fourth-order valence-electron chi connectivity index (χ4n) is 2.85. The fourth-order valence-corrected chi connectivity index (χ4v) is 3.39. The van der Waals surface area contributed by atoms with Gasteiger partial charge in [-0.2, -0.15) is 5.10 Å². The molecule has 1 amide bonds. The summed E-state index contributed by atoms with van der Waals surface area (Å²) in [7, 11) is 0. The maximum atomic E-state index is 12.3. The summed E-state index contributed by atoms with van der Waals surface area (Å²) in [4.78, 5) is 12.3. The number of amides is 1. The molecule has 1 N–H and O–H groups in total. The van der Waals surface area contributed by atoms with Crippen molar-refractivity contribution >= 4 is 39.7 Å². The number of halogens is 2. The summed E-state index contributed by atoms with van der Waals surface area (Å²) in [6.07, 6.45) is 1.52. The van der Waals surface area contributed by atoms with Crippen molar-refractivity contribution in [1.82, 2.24) is 5.43 Å². The molecule has 0 aromatic heterocycles. The molecule has 0 radical (unpaired) electrons. The van der Waals surface area contributed by atoms with E-state index in [-0.39, 0.29) is 5.91 Å². The summed E-state index contributed by atoms with van der Waals surface area (Å²) in [5.41, 5.74) is 5.67. The van der Waals surface area contributed by atoms with Gasteiger partial charge in [0.2, 0.25) is 0 Å². The van der Waals surface area contributed by atoms with E-state index < -0.39 is 0 Å². The zero-order valence-corrected chi connectivity index (χ0v) is 19.5. The average Bonchev–Trinajstić information content (AvgIpc) is 2.75. The van der Waals surface area contributed by atoms with Crippen LogP contribution < -0.4 is 14.9 Å². The summed E-state index contributed by atoms with van der Waals surface area (Å²) in [5.74, 6) is 0.700. The van der Waals surface area contributed by atoms with Crippen molar-refractivity contribution in [1.29, 1.82) is 0 Å². The lowest BCUT2D eigenvalue weighted by Crippen LogP contribution is -2.18. The zero-order chi connectivity index (χ0) is 22.2. The maximum Gasteiger partial charge on any atom is 0.271 e. The summed E-state index contributed by atoms with van der Waals surface area (Å²) >= 11 is 9.88.